The van der Waals surface area contributed by atoms with Gasteiger partial charge >= 0.3 is 0 Å². The van der Waals surface area contributed by atoms with E-state index >= 15 is 0 Å². The number of carbonyl (C=O) groups is 1. The van der Waals surface area contributed by atoms with Crippen LogP contribution in [0.4, 0.5) is 5.82 Å². The third-order valence-electron chi connectivity index (χ3n) is 3.48. The summed E-state index contributed by atoms with van der Waals surface area (Å²) in [5, 5.41) is 3.04. The van der Waals surface area contributed by atoms with Gasteiger partial charge in [-0.05, 0) is 38.3 Å². The molecule has 0 aromatic carbocycles. The fraction of sp³-hybridized carbons (Fsp3) is 0.600. The van der Waals surface area contributed by atoms with Crippen LogP contribution in [0.3, 0.4) is 0 Å². The van der Waals surface area contributed by atoms with Gasteiger partial charge in [0.15, 0.2) is 0 Å². The molecule has 1 amide bonds. The lowest BCUT2D eigenvalue weighted by atomic mass is 10.1. The maximum atomic E-state index is 12.6. The van der Waals surface area contributed by atoms with Crippen LogP contribution in [0.15, 0.2) is 12.1 Å². The quantitative estimate of drug-likeness (QED) is 0.856. The zero-order valence-corrected chi connectivity index (χ0v) is 12.1. The first-order valence-corrected chi connectivity index (χ1v) is 7.19. The molecule has 19 heavy (non-hydrogen) atoms. The lowest BCUT2D eigenvalue weighted by Crippen LogP contribution is -2.33. The molecule has 0 bridgehead atoms. The van der Waals surface area contributed by atoms with Crippen LogP contribution in [0.2, 0.25) is 0 Å². The Balaban J connectivity index is 2.26. The first-order chi connectivity index (χ1) is 9.19. The smallest absolute Gasteiger partial charge is 0.254 e. The molecule has 1 fully saturated rings. The number of carbonyl (C=O) groups excluding carboxylic acids is 1. The van der Waals surface area contributed by atoms with E-state index in [-0.39, 0.29) is 5.91 Å². The molecule has 2 rings (SSSR count). The summed E-state index contributed by atoms with van der Waals surface area (Å²) in [6.45, 7) is 4.95. The fourth-order valence-corrected chi connectivity index (χ4v) is 2.34. The number of rotatable bonds is 6. The van der Waals surface area contributed by atoms with Gasteiger partial charge in [0.1, 0.15) is 5.82 Å². The first kappa shape index (κ1) is 13.8. The van der Waals surface area contributed by atoms with Crippen LogP contribution >= 0.6 is 0 Å². The molecule has 0 atom stereocenters. The van der Waals surface area contributed by atoms with Gasteiger partial charge in [-0.1, -0.05) is 13.3 Å². The topological polar surface area (TPSA) is 45.2 Å². The molecule has 1 saturated carbocycles. The normalized spacial score (nSPS) is 14.3. The highest BCUT2D eigenvalue weighted by Gasteiger charge is 2.32. The van der Waals surface area contributed by atoms with Crippen molar-refractivity contribution in [3.05, 3.63) is 23.4 Å². The van der Waals surface area contributed by atoms with Crippen LogP contribution in [-0.2, 0) is 6.42 Å². The summed E-state index contributed by atoms with van der Waals surface area (Å²) in [4.78, 5) is 19.0. The molecule has 1 aliphatic carbocycles. The Morgan fingerprint density at radius 3 is 2.68 bits per heavy atom. The molecule has 4 heteroatoms. The Bertz CT molecular complexity index is 455. The first-order valence-electron chi connectivity index (χ1n) is 7.19. The Morgan fingerprint density at radius 2 is 2.16 bits per heavy atom. The van der Waals surface area contributed by atoms with Crippen LogP contribution in [-0.4, -0.2) is 35.4 Å². The molecule has 0 radical (unpaired) electrons. The summed E-state index contributed by atoms with van der Waals surface area (Å²) in [6.07, 6.45) is 4.23. The number of nitrogens with zero attached hydrogens (tertiary/aromatic N) is 2. The van der Waals surface area contributed by atoms with Gasteiger partial charge < -0.3 is 10.2 Å². The van der Waals surface area contributed by atoms with E-state index < -0.39 is 0 Å². The van der Waals surface area contributed by atoms with Crippen molar-refractivity contribution in [2.24, 2.45) is 0 Å². The van der Waals surface area contributed by atoms with Crippen LogP contribution in [0.5, 0.6) is 0 Å². The van der Waals surface area contributed by atoms with Crippen LogP contribution in [0.25, 0.3) is 0 Å². The Kier molecular flexibility index (Phi) is 4.40. The second-order valence-electron chi connectivity index (χ2n) is 5.05. The van der Waals surface area contributed by atoms with E-state index in [2.05, 4.69) is 17.2 Å². The molecular formula is C15H23N3O. The van der Waals surface area contributed by atoms with Gasteiger partial charge in [-0.15, -0.1) is 0 Å². The third-order valence-corrected chi connectivity index (χ3v) is 3.48. The zero-order valence-electron chi connectivity index (χ0n) is 12.1. The van der Waals surface area contributed by atoms with Crippen LogP contribution in [0, 0.1) is 0 Å². The van der Waals surface area contributed by atoms with Gasteiger partial charge in [-0.2, -0.15) is 0 Å². The SMILES string of the molecule is CCCc1cc(C(=O)N(CC)C2CC2)cc(NC)n1. The van der Waals surface area contributed by atoms with Crippen molar-refractivity contribution in [3.63, 3.8) is 0 Å². The summed E-state index contributed by atoms with van der Waals surface area (Å²) in [5.74, 6) is 0.919. The minimum atomic E-state index is 0.140. The predicted octanol–water partition coefficient (Wildman–Crippen LogP) is 2.70. The Morgan fingerprint density at radius 1 is 1.42 bits per heavy atom. The summed E-state index contributed by atoms with van der Waals surface area (Å²) >= 11 is 0. The standard InChI is InChI=1S/C15H23N3O/c1-4-6-12-9-11(10-14(16-3)17-12)15(19)18(5-2)13-7-8-13/h9-10,13H,4-8H2,1-3H3,(H,16,17). The average molecular weight is 261 g/mol. The fourth-order valence-electron chi connectivity index (χ4n) is 2.34. The molecular weight excluding hydrogens is 238 g/mol. The van der Waals surface area contributed by atoms with Crippen molar-refractivity contribution in [2.45, 2.75) is 45.6 Å². The summed E-state index contributed by atoms with van der Waals surface area (Å²) in [7, 11) is 1.84. The number of hydrogen-bond acceptors (Lipinski definition) is 3. The number of amides is 1. The number of pyridine rings is 1. The van der Waals surface area contributed by atoms with Crippen molar-refractivity contribution in [1.82, 2.24) is 9.88 Å². The second-order valence-corrected chi connectivity index (χ2v) is 5.05. The van der Waals surface area contributed by atoms with E-state index in [0.717, 1.165) is 49.3 Å². The van der Waals surface area contributed by atoms with E-state index in [9.17, 15) is 4.79 Å². The zero-order chi connectivity index (χ0) is 13.8. The monoisotopic (exact) mass is 261 g/mol. The molecule has 0 spiro atoms. The van der Waals surface area contributed by atoms with Gasteiger partial charge in [0.25, 0.3) is 5.91 Å². The number of nitrogens with one attached hydrogen (secondary N) is 1. The summed E-state index contributed by atoms with van der Waals surface area (Å²) in [5.41, 5.74) is 1.75. The van der Waals surface area contributed by atoms with Gasteiger partial charge in [0.05, 0.1) is 0 Å². The molecule has 4 nitrogen and oxygen atoms in total. The molecule has 1 aliphatic rings. The van der Waals surface area contributed by atoms with E-state index in [1.807, 2.05) is 31.0 Å². The van der Waals surface area contributed by atoms with Gasteiger partial charge in [0.2, 0.25) is 0 Å². The van der Waals surface area contributed by atoms with Crippen LogP contribution in [0.1, 0.15) is 49.2 Å². The van der Waals surface area contributed by atoms with Gasteiger partial charge in [-0.25, -0.2) is 4.98 Å². The van der Waals surface area contributed by atoms with Crippen molar-refractivity contribution in [1.29, 1.82) is 0 Å². The summed E-state index contributed by atoms with van der Waals surface area (Å²) in [6, 6.07) is 4.25. The lowest BCUT2D eigenvalue weighted by Gasteiger charge is -2.21. The minimum Gasteiger partial charge on any atom is -0.373 e. The number of aryl methyl sites for hydroxylation is 1. The minimum absolute atomic E-state index is 0.140. The highest BCUT2D eigenvalue weighted by atomic mass is 16.2. The molecule has 104 valence electrons. The van der Waals surface area contributed by atoms with Crippen LogP contribution < -0.4 is 5.32 Å². The van der Waals surface area contributed by atoms with E-state index in [4.69, 9.17) is 0 Å². The summed E-state index contributed by atoms with van der Waals surface area (Å²) < 4.78 is 0. The molecule has 0 saturated heterocycles. The Labute approximate surface area is 115 Å². The molecule has 1 aromatic rings. The second kappa shape index (κ2) is 6.04. The molecule has 1 N–H and O–H groups in total. The van der Waals surface area contributed by atoms with Gasteiger partial charge in [0, 0.05) is 30.9 Å². The Hall–Kier alpha value is -1.58. The van der Waals surface area contributed by atoms with E-state index in [0.29, 0.717) is 6.04 Å². The average Bonchev–Trinajstić information content (AvgIpc) is 3.24. The van der Waals surface area contributed by atoms with Crippen molar-refractivity contribution in [3.8, 4) is 0 Å². The van der Waals surface area contributed by atoms with Crippen molar-refractivity contribution < 1.29 is 4.79 Å². The molecule has 1 aromatic heterocycles. The predicted molar refractivity (Wildman–Crippen MR) is 77.5 cm³/mol. The van der Waals surface area contributed by atoms with Crippen molar-refractivity contribution >= 4 is 11.7 Å². The lowest BCUT2D eigenvalue weighted by molar-refractivity contribution is 0.0752. The molecule has 0 aliphatic heterocycles. The molecule has 0 unspecified atom stereocenters. The van der Waals surface area contributed by atoms with Gasteiger partial charge in [-0.3, -0.25) is 4.79 Å². The van der Waals surface area contributed by atoms with Crippen molar-refractivity contribution in [2.75, 3.05) is 18.9 Å². The number of hydrogen-bond donors (Lipinski definition) is 1. The number of aromatic nitrogens is 1. The highest BCUT2D eigenvalue weighted by Crippen LogP contribution is 2.28. The third kappa shape index (κ3) is 3.25. The number of anilines is 1. The largest absolute Gasteiger partial charge is 0.373 e. The highest BCUT2D eigenvalue weighted by molar-refractivity contribution is 5.95. The maximum absolute atomic E-state index is 12.6. The maximum Gasteiger partial charge on any atom is 0.254 e. The molecule has 1 heterocycles. The van der Waals surface area contributed by atoms with E-state index in [1.165, 1.54) is 0 Å². The van der Waals surface area contributed by atoms with E-state index in [1.54, 1.807) is 0 Å².